The minimum absolute atomic E-state index is 0.0397. The molecule has 1 heterocycles. The van der Waals surface area contributed by atoms with E-state index in [4.69, 9.17) is 9.73 Å². The smallest absolute Gasteiger partial charge is 0.0738 e. The number of benzene rings is 2. The molecular weight excluding hydrogens is 294 g/mol. The molecule has 4 rings (SSSR count). The molecule has 0 amide bonds. The molecule has 2 aromatic rings. The van der Waals surface area contributed by atoms with Crippen LogP contribution >= 0.6 is 0 Å². The van der Waals surface area contributed by atoms with E-state index < -0.39 is 0 Å². The zero-order valence-corrected chi connectivity index (χ0v) is 15.6. The summed E-state index contributed by atoms with van der Waals surface area (Å²) in [6.07, 6.45) is 2.11. The Kier molecular flexibility index (Phi) is 3.10. The Morgan fingerprint density at radius 3 is 2.42 bits per heavy atom. The van der Waals surface area contributed by atoms with Crippen molar-refractivity contribution in [1.29, 1.82) is 0 Å². The Balaban J connectivity index is 2.05. The van der Waals surface area contributed by atoms with Gasteiger partial charge in [0, 0.05) is 24.7 Å². The second-order valence-electron chi connectivity index (χ2n) is 8.80. The molecule has 3 atom stereocenters. The fourth-order valence-corrected chi connectivity index (χ4v) is 4.94. The lowest BCUT2D eigenvalue weighted by molar-refractivity contribution is 0.175. The highest BCUT2D eigenvalue weighted by Gasteiger charge is 2.73. The van der Waals surface area contributed by atoms with Crippen molar-refractivity contribution in [3.8, 4) is 0 Å². The molecular formula is C22H27NO. The van der Waals surface area contributed by atoms with Gasteiger partial charge in [-0.2, -0.15) is 0 Å². The van der Waals surface area contributed by atoms with Crippen LogP contribution in [0.15, 0.2) is 35.3 Å². The van der Waals surface area contributed by atoms with Crippen LogP contribution in [0.25, 0.3) is 10.8 Å². The van der Waals surface area contributed by atoms with E-state index in [1.807, 2.05) is 0 Å². The number of hydrogen-bond acceptors (Lipinski definition) is 2. The van der Waals surface area contributed by atoms with Gasteiger partial charge in [-0.25, -0.2) is 0 Å². The molecule has 0 spiro atoms. The summed E-state index contributed by atoms with van der Waals surface area (Å²) in [5, 5.41) is 2.77. The van der Waals surface area contributed by atoms with Crippen LogP contribution in [-0.4, -0.2) is 25.5 Å². The maximum Gasteiger partial charge on any atom is 0.0738 e. The second-order valence-corrected chi connectivity index (χ2v) is 8.80. The minimum Gasteiger partial charge on any atom is -0.384 e. The van der Waals surface area contributed by atoms with Crippen molar-refractivity contribution in [3.63, 3.8) is 0 Å². The summed E-state index contributed by atoms with van der Waals surface area (Å²) >= 11 is 0. The molecule has 1 saturated carbocycles. The molecule has 2 aliphatic rings. The highest BCUT2D eigenvalue weighted by Crippen LogP contribution is 2.68. The predicted octanol–water partition coefficient (Wildman–Crippen LogP) is 4.86. The van der Waals surface area contributed by atoms with Gasteiger partial charge in [-0.05, 0) is 45.9 Å². The molecule has 0 N–H and O–H groups in total. The van der Waals surface area contributed by atoms with Gasteiger partial charge in [0.25, 0.3) is 0 Å². The third-order valence-electron chi connectivity index (χ3n) is 6.55. The van der Waals surface area contributed by atoms with Crippen molar-refractivity contribution in [1.82, 2.24) is 0 Å². The zero-order chi connectivity index (χ0) is 17.3. The molecule has 0 bridgehead atoms. The average molecular weight is 321 g/mol. The Bertz CT molecular complexity index is 860. The summed E-state index contributed by atoms with van der Waals surface area (Å²) in [5.74, 6) is 0.441. The molecule has 1 fully saturated rings. The van der Waals surface area contributed by atoms with E-state index in [2.05, 4.69) is 71.2 Å². The molecule has 0 aromatic heterocycles. The number of fused-ring (bicyclic) bond motifs is 5. The molecule has 3 unspecified atom stereocenters. The van der Waals surface area contributed by atoms with Gasteiger partial charge >= 0.3 is 0 Å². The van der Waals surface area contributed by atoms with Gasteiger partial charge in [0.1, 0.15) is 0 Å². The summed E-state index contributed by atoms with van der Waals surface area (Å²) in [5.41, 5.74) is 4.28. The van der Waals surface area contributed by atoms with Crippen molar-refractivity contribution >= 4 is 17.0 Å². The van der Waals surface area contributed by atoms with Crippen molar-refractivity contribution in [2.24, 2.45) is 10.9 Å². The van der Waals surface area contributed by atoms with Crippen LogP contribution in [0.3, 0.4) is 0 Å². The lowest BCUT2D eigenvalue weighted by Crippen LogP contribution is -2.24. The van der Waals surface area contributed by atoms with E-state index in [0.29, 0.717) is 5.92 Å². The lowest BCUT2D eigenvalue weighted by atomic mass is 9.76. The largest absolute Gasteiger partial charge is 0.384 e. The fraction of sp³-hybridized carbons (Fsp3) is 0.500. The van der Waals surface area contributed by atoms with Gasteiger partial charge in [-0.1, -0.05) is 52.0 Å². The summed E-state index contributed by atoms with van der Waals surface area (Å²) in [6.45, 7) is 12.3. The lowest BCUT2D eigenvalue weighted by Gasteiger charge is -2.29. The molecule has 1 aliphatic carbocycles. The van der Waals surface area contributed by atoms with Gasteiger partial charge in [0.15, 0.2) is 0 Å². The molecule has 1 aliphatic heterocycles. The van der Waals surface area contributed by atoms with Gasteiger partial charge in [-0.15, -0.1) is 0 Å². The summed E-state index contributed by atoms with van der Waals surface area (Å²) in [6, 6.07) is 11.2. The van der Waals surface area contributed by atoms with Crippen LogP contribution in [0.4, 0.5) is 0 Å². The molecule has 24 heavy (non-hydrogen) atoms. The molecule has 0 radical (unpaired) electrons. The highest BCUT2D eigenvalue weighted by atomic mass is 16.5. The summed E-state index contributed by atoms with van der Waals surface area (Å²) in [4.78, 5) is 4.97. The number of hydrogen-bond donors (Lipinski definition) is 0. The van der Waals surface area contributed by atoms with Crippen LogP contribution in [-0.2, 0) is 15.6 Å². The van der Waals surface area contributed by atoms with E-state index in [1.54, 1.807) is 7.11 Å². The van der Waals surface area contributed by atoms with Crippen molar-refractivity contribution in [2.45, 2.75) is 51.0 Å². The Morgan fingerprint density at radius 2 is 1.79 bits per heavy atom. The quantitative estimate of drug-likeness (QED) is 0.774. The first-order valence-electron chi connectivity index (χ1n) is 8.86. The minimum atomic E-state index is -0.0397. The van der Waals surface area contributed by atoms with E-state index in [1.165, 1.54) is 27.5 Å². The third-order valence-corrected chi connectivity index (χ3v) is 6.55. The summed E-state index contributed by atoms with van der Waals surface area (Å²) in [7, 11) is 1.79. The standard InChI is InChI=1S/C22H27NO/c1-20(2,3)17-11-14-12-23-22(5)18(13-24-6)21(22,4)19(14)16-10-8-7-9-15(16)17/h7-12,18H,13H2,1-6H3. The second kappa shape index (κ2) is 4.70. The molecule has 0 saturated heterocycles. The van der Waals surface area contributed by atoms with Crippen LogP contribution in [0, 0.1) is 5.92 Å². The Morgan fingerprint density at radius 1 is 1.12 bits per heavy atom. The van der Waals surface area contributed by atoms with Crippen LogP contribution in [0.5, 0.6) is 0 Å². The molecule has 2 aromatic carbocycles. The summed E-state index contributed by atoms with van der Waals surface area (Å²) < 4.78 is 5.52. The fourth-order valence-electron chi connectivity index (χ4n) is 4.94. The SMILES string of the molecule is COCC1C2(C)N=Cc3cc(C(C)(C)C)c4ccccc4c3C12C. The predicted molar refractivity (Wildman–Crippen MR) is 101 cm³/mol. The normalized spacial score (nSPS) is 31.0. The van der Waals surface area contributed by atoms with E-state index >= 15 is 0 Å². The van der Waals surface area contributed by atoms with Crippen molar-refractivity contribution in [2.75, 3.05) is 13.7 Å². The number of aliphatic imine (C=N–C) groups is 1. The van der Waals surface area contributed by atoms with Crippen molar-refractivity contribution < 1.29 is 4.74 Å². The number of nitrogens with zero attached hydrogens (tertiary/aromatic N) is 1. The Labute approximate surface area is 144 Å². The number of rotatable bonds is 2. The number of ether oxygens (including phenoxy) is 1. The Hall–Kier alpha value is -1.67. The van der Waals surface area contributed by atoms with E-state index in [-0.39, 0.29) is 16.4 Å². The topological polar surface area (TPSA) is 21.6 Å². The highest BCUT2D eigenvalue weighted by molar-refractivity contribution is 6.00. The average Bonchev–Trinajstić information content (AvgIpc) is 3.02. The molecule has 2 nitrogen and oxygen atoms in total. The van der Waals surface area contributed by atoms with Gasteiger partial charge in [0.2, 0.25) is 0 Å². The first-order chi connectivity index (χ1) is 11.2. The third kappa shape index (κ3) is 1.78. The van der Waals surface area contributed by atoms with Gasteiger partial charge < -0.3 is 4.74 Å². The van der Waals surface area contributed by atoms with E-state index in [0.717, 1.165) is 6.61 Å². The number of methoxy groups -OCH3 is 1. The molecule has 126 valence electrons. The maximum atomic E-state index is 5.52. The van der Waals surface area contributed by atoms with E-state index in [9.17, 15) is 0 Å². The maximum absolute atomic E-state index is 5.52. The van der Waals surface area contributed by atoms with Crippen molar-refractivity contribution in [3.05, 3.63) is 47.0 Å². The monoisotopic (exact) mass is 321 g/mol. The van der Waals surface area contributed by atoms with Gasteiger partial charge in [-0.3, -0.25) is 4.99 Å². The van der Waals surface area contributed by atoms with Crippen LogP contribution in [0.2, 0.25) is 0 Å². The van der Waals surface area contributed by atoms with Crippen LogP contribution in [0.1, 0.15) is 51.3 Å². The molecule has 2 heteroatoms. The first-order valence-corrected chi connectivity index (χ1v) is 8.86. The van der Waals surface area contributed by atoms with Gasteiger partial charge in [0.05, 0.1) is 12.1 Å². The zero-order valence-electron chi connectivity index (χ0n) is 15.6. The first kappa shape index (κ1) is 15.8. The van der Waals surface area contributed by atoms with Crippen LogP contribution < -0.4 is 0 Å².